The Morgan fingerprint density at radius 2 is 2.42 bits per heavy atom. The lowest BCUT2D eigenvalue weighted by Crippen LogP contribution is -2.31. The Morgan fingerprint density at radius 1 is 1.58 bits per heavy atom. The van der Waals surface area contributed by atoms with Crippen LogP contribution in [0.5, 0.6) is 0 Å². The highest BCUT2D eigenvalue weighted by molar-refractivity contribution is 7.98. The van der Waals surface area contributed by atoms with Crippen molar-refractivity contribution in [2.24, 2.45) is 0 Å². The molecule has 0 bridgehead atoms. The van der Waals surface area contributed by atoms with Gasteiger partial charge in [-0.1, -0.05) is 0 Å². The molecule has 3 heteroatoms. The van der Waals surface area contributed by atoms with Crippen molar-refractivity contribution in [3.05, 3.63) is 0 Å². The van der Waals surface area contributed by atoms with E-state index in [4.69, 9.17) is 11.6 Å². The fourth-order valence-corrected chi connectivity index (χ4v) is 2.54. The molecule has 72 valence electrons. The summed E-state index contributed by atoms with van der Waals surface area (Å²) >= 11 is 7.80. The van der Waals surface area contributed by atoms with Gasteiger partial charge in [-0.15, -0.1) is 11.6 Å². The molecule has 0 spiro atoms. The highest BCUT2D eigenvalue weighted by Crippen LogP contribution is 2.18. The second kappa shape index (κ2) is 6.11. The number of likely N-dealkylation sites (tertiary alicyclic amines) is 1. The average Bonchev–Trinajstić information content (AvgIpc) is 2.52. The lowest BCUT2D eigenvalue weighted by Gasteiger charge is -2.21. The zero-order chi connectivity index (χ0) is 8.81. The van der Waals surface area contributed by atoms with Gasteiger partial charge in [0.05, 0.1) is 0 Å². The molecule has 1 rings (SSSR count). The van der Waals surface area contributed by atoms with Crippen LogP contribution in [0.25, 0.3) is 0 Å². The molecule has 1 nitrogen and oxygen atoms in total. The second-order valence-corrected chi connectivity index (χ2v) is 4.63. The summed E-state index contributed by atoms with van der Waals surface area (Å²) in [7, 11) is 0. The van der Waals surface area contributed by atoms with Gasteiger partial charge in [0.2, 0.25) is 0 Å². The quantitative estimate of drug-likeness (QED) is 0.504. The number of hydrogen-bond donors (Lipinski definition) is 0. The fourth-order valence-electron chi connectivity index (χ4n) is 1.78. The largest absolute Gasteiger partial charge is 0.299 e. The van der Waals surface area contributed by atoms with Gasteiger partial charge in [-0.2, -0.15) is 11.8 Å². The minimum Gasteiger partial charge on any atom is -0.299 e. The predicted octanol–water partition coefficient (Wildman–Crippen LogP) is 2.44. The van der Waals surface area contributed by atoms with E-state index in [-0.39, 0.29) is 0 Å². The summed E-state index contributed by atoms with van der Waals surface area (Å²) in [4.78, 5) is 2.54. The summed E-state index contributed by atoms with van der Waals surface area (Å²) in [6.07, 6.45) is 6.14. The van der Waals surface area contributed by atoms with Crippen LogP contribution >= 0.6 is 23.4 Å². The number of nitrogens with zero attached hydrogens (tertiary/aromatic N) is 1. The average molecular weight is 208 g/mol. The second-order valence-electron chi connectivity index (χ2n) is 3.33. The van der Waals surface area contributed by atoms with Crippen molar-refractivity contribution >= 4 is 23.4 Å². The smallest absolute Gasteiger partial charge is 0.0379 e. The van der Waals surface area contributed by atoms with Crippen LogP contribution in [0.4, 0.5) is 0 Å². The molecule has 0 saturated carbocycles. The van der Waals surface area contributed by atoms with Gasteiger partial charge in [0.1, 0.15) is 0 Å². The van der Waals surface area contributed by atoms with E-state index in [0.717, 1.165) is 5.88 Å². The third-order valence-electron chi connectivity index (χ3n) is 2.47. The molecular formula is C9H18ClNS. The summed E-state index contributed by atoms with van der Waals surface area (Å²) in [6, 6.07) is 0.675. The van der Waals surface area contributed by atoms with Gasteiger partial charge in [0.25, 0.3) is 0 Å². The molecule has 0 aromatic heterocycles. The number of hydrogen-bond acceptors (Lipinski definition) is 2. The summed E-state index contributed by atoms with van der Waals surface area (Å²) < 4.78 is 0. The molecule has 1 fully saturated rings. The summed E-state index contributed by atoms with van der Waals surface area (Å²) in [5.41, 5.74) is 0. The Bertz CT molecular complexity index is 121. The van der Waals surface area contributed by atoms with Crippen LogP contribution in [0.2, 0.25) is 0 Å². The topological polar surface area (TPSA) is 3.24 Å². The van der Waals surface area contributed by atoms with E-state index >= 15 is 0 Å². The maximum absolute atomic E-state index is 5.87. The van der Waals surface area contributed by atoms with E-state index in [2.05, 4.69) is 11.2 Å². The first-order valence-corrected chi connectivity index (χ1v) is 6.60. The number of thioether (sulfide) groups is 1. The molecular weight excluding hydrogens is 190 g/mol. The molecule has 12 heavy (non-hydrogen) atoms. The van der Waals surface area contributed by atoms with Crippen LogP contribution in [0.3, 0.4) is 0 Å². The van der Waals surface area contributed by atoms with Crippen LogP contribution in [-0.4, -0.2) is 41.9 Å². The maximum Gasteiger partial charge on any atom is 0.0379 e. The molecule has 0 amide bonds. The molecule has 1 heterocycles. The third-order valence-corrected chi connectivity index (χ3v) is 3.52. The number of alkyl halides is 1. The Labute approximate surface area is 84.8 Å². The molecule has 1 saturated heterocycles. The van der Waals surface area contributed by atoms with E-state index < -0.39 is 0 Å². The standard InChI is InChI=1S/C9H18ClNS/c1-12-7-3-6-11-5-2-4-9(11)8-10/h9H,2-8H2,1H3. The van der Waals surface area contributed by atoms with E-state index in [1.165, 1.54) is 38.1 Å². The third kappa shape index (κ3) is 3.15. The first kappa shape index (κ1) is 10.7. The molecule has 0 aromatic carbocycles. The Morgan fingerprint density at radius 3 is 3.08 bits per heavy atom. The summed E-state index contributed by atoms with van der Waals surface area (Å²) in [6.45, 7) is 2.52. The minimum absolute atomic E-state index is 0.675. The van der Waals surface area contributed by atoms with Crippen molar-refractivity contribution in [3.8, 4) is 0 Å². The Balaban J connectivity index is 2.12. The lowest BCUT2D eigenvalue weighted by atomic mass is 10.2. The van der Waals surface area contributed by atoms with Crippen molar-refractivity contribution in [2.75, 3.05) is 31.0 Å². The van der Waals surface area contributed by atoms with Gasteiger partial charge in [0, 0.05) is 11.9 Å². The van der Waals surface area contributed by atoms with Crippen molar-refractivity contribution < 1.29 is 0 Å². The van der Waals surface area contributed by atoms with Crippen LogP contribution in [-0.2, 0) is 0 Å². The van der Waals surface area contributed by atoms with Gasteiger partial charge >= 0.3 is 0 Å². The van der Waals surface area contributed by atoms with Gasteiger partial charge in [-0.05, 0) is 44.4 Å². The predicted molar refractivity (Wildman–Crippen MR) is 58.3 cm³/mol. The SMILES string of the molecule is CSCCCN1CCCC1CCl. The Kier molecular flexibility index (Phi) is 5.44. The van der Waals surface area contributed by atoms with Gasteiger partial charge in [0.15, 0.2) is 0 Å². The molecule has 1 aliphatic rings. The molecule has 0 aromatic rings. The lowest BCUT2D eigenvalue weighted by molar-refractivity contribution is 0.273. The fraction of sp³-hybridized carbons (Fsp3) is 1.00. The van der Waals surface area contributed by atoms with Crippen molar-refractivity contribution in [2.45, 2.75) is 25.3 Å². The van der Waals surface area contributed by atoms with Crippen LogP contribution in [0.1, 0.15) is 19.3 Å². The van der Waals surface area contributed by atoms with Crippen molar-refractivity contribution in [1.82, 2.24) is 4.90 Å². The molecule has 1 aliphatic heterocycles. The molecule has 0 aliphatic carbocycles. The zero-order valence-electron chi connectivity index (χ0n) is 7.76. The highest BCUT2D eigenvalue weighted by atomic mass is 35.5. The summed E-state index contributed by atoms with van der Waals surface area (Å²) in [5, 5.41) is 0. The molecule has 1 atom stereocenters. The zero-order valence-corrected chi connectivity index (χ0v) is 9.33. The van der Waals surface area contributed by atoms with Crippen molar-refractivity contribution in [1.29, 1.82) is 0 Å². The van der Waals surface area contributed by atoms with Gasteiger partial charge in [-0.25, -0.2) is 0 Å². The Hall–Kier alpha value is 0.600. The van der Waals surface area contributed by atoms with Crippen molar-refractivity contribution in [3.63, 3.8) is 0 Å². The monoisotopic (exact) mass is 207 g/mol. The molecule has 1 unspecified atom stereocenters. The number of rotatable bonds is 5. The first-order chi connectivity index (χ1) is 5.88. The molecule has 0 N–H and O–H groups in total. The minimum atomic E-state index is 0.675. The normalized spacial score (nSPS) is 25.0. The van der Waals surface area contributed by atoms with Gasteiger partial charge in [-0.3, -0.25) is 4.90 Å². The maximum atomic E-state index is 5.87. The van der Waals surface area contributed by atoms with E-state index in [1.54, 1.807) is 0 Å². The van der Waals surface area contributed by atoms with Crippen LogP contribution < -0.4 is 0 Å². The van der Waals surface area contributed by atoms with Gasteiger partial charge < -0.3 is 0 Å². The summed E-state index contributed by atoms with van der Waals surface area (Å²) in [5.74, 6) is 2.10. The van der Waals surface area contributed by atoms with Crippen LogP contribution in [0.15, 0.2) is 0 Å². The number of halogens is 1. The van der Waals surface area contributed by atoms with E-state index in [0.29, 0.717) is 6.04 Å². The van der Waals surface area contributed by atoms with E-state index in [1.807, 2.05) is 11.8 Å². The van der Waals surface area contributed by atoms with E-state index in [9.17, 15) is 0 Å². The highest BCUT2D eigenvalue weighted by Gasteiger charge is 2.22. The molecule has 0 radical (unpaired) electrons. The first-order valence-electron chi connectivity index (χ1n) is 4.67. The van der Waals surface area contributed by atoms with Crippen LogP contribution in [0, 0.1) is 0 Å².